The third-order valence-electron chi connectivity index (χ3n) is 5.38. The van der Waals surface area contributed by atoms with E-state index in [0.717, 1.165) is 12.1 Å². The van der Waals surface area contributed by atoms with Crippen molar-refractivity contribution in [3.8, 4) is 0 Å². The Bertz CT molecular complexity index is 986. The van der Waals surface area contributed by atoms with Gasteiger partial charge in [0.2, 0.25) is 0 Å². The Morgan fingerprint density at radius 3 is 1.70 bits per heavy atom. The van der Waals surface area contributed by atoms with Crippen LogP contribution in [0.15, 0.2) is 59.5 Å². The highest BCUT2D eigenvalue weighted by Gasteiger charge is 2.71. The maximum atomic E-state index is 12.9. The van der Waals surface area contributed by atoms with Crippen LogP contribution >= 0.6 is 11.8 Å². The molecular weight excluding hydrogens is 522 g/mol. The maximum absolute atomic E-state index is 12.9. The van der Waals surface area contributed by atoms with Gasteiger partial charge in [0, 0.05) is 42.3 Å². The molecule has 1 saturated heterocycles. The molecule has 3 rings (SSSR count). The predicted molar refractivity (Wildman–Crippen MR) is 131 cm³/mol. The van der Waals surface area contributed by atoms with Crippen LogP contribution in [0.5, 0.6) is 0 Å². The molecule has 2 aromatic rings. The van der Waals surface area contributed by atoms with Gasteiger partial charge < -0.3 is 19.6 Å². The van der Waals surface area contributed by atoms with E-state index in [4.69, 9.17) is 4.74 Å². The van der Waals surface area contributed by atoms with Gasteiger partial charge in [0.1, 0.15) is 5.60 Å². The summed E-state index contributed by atoms with van der Waals surface area (Å²) in [6, 6.07) is 13.7. The number of halogens is 6. The minimum Gasteiger partial charge on any atom is -0.444 e. The number of aliphatic hydroxyl groups is 1. The van der Waals surface area contributed by atoms with Crippen molar-refractivity contribution in [2.24, 2.45) is 0 Å². The molecule has 1 N–H and O–H groups in total. The summed E-state index contributed by atoms with van der Waals surface area (Å²) in [6.45, 7) is 6.39. The molecule has 1 heterocycles. The minimum atomic E-state index is -5.92. The highest BCUT2D eigenvalue weighted by Crippen LogP contribution is 2.50. The van der Waals surface area contributed by atoms with Crippen LogP contribution in [0.4, 0.5) is 36.8 Å². The summed E-state index contributed by atoms with van der Waals surface area (Å²) in [4.78, 5) is 16.6. The second-order valence-corrected chi connectivity index (χ2v) is 10.1. The van der Waals surface area contributed by atoms with Gasteiger partial charge in [-0.1, -0.05) is 30.3 Å². The molecule has 5 nitrogen and oxygen atoms in total. The summed E-state index contributed by atoms with van der Waals surface area (Å²) in [5, 5.41) is 9.42. The number of piperazine rings is 1. The SMILES string of the molecule is CC(C)(C)OC(=O)N1CCN(c2ccc(C(O)(C(F)(F)F)C(F)(F)F)cc2)CC1.CSc1ccccc1. The van der Waals surface area contributed by atoms with Gasteiger partial charge in [0.15, 0.2) is 0 Å². The molecule has 0 spiro atoms. The first-order valence-corrected chi connectivity index (χ1v) is 12.5. The number of hydrogen-bond acceptors (Lipinski definition) is 5. The molecule has 2 aromatic carbocycles. The lowest BCUT2D eigenvalue weighted by molar-refractivity contribution is -0.376. The lowest BCUT2D eigenvalue weighted by Crippen LogP contribution is -2.54. The molecule has 12 heteroatoms. The van der Waals surface area contributed by atoms with Crippen molar-refractivity contribution >= 4 is 23.5 Å². The molecule has 0 atom stereocenters. The molecule has 0 saturated carbocycles. The molecule has 0 radical (unpaired) electrons. The largest absolute Gasteiger partial charge is 0.444 e. The first-order chi connectivity index (χ1) is 17.0. The zero-order valence-corrected chi connectivity index (χ0v) is 21.7. The number of carbonyl (C=O) groups excluding carboxylic acids is 1. The predicted octanol–water partition coefficient (Wildman–Crippen LogP) is 6.46. The van der Waals surface area contributed by atoms with Crippen LogP contribution in [-0.4, -0.2) is 66.5 Å². The molecule has 1 aliphatic heterocycles. The summed E-state index contributed by atoms with van der Waals surface area (Å²) in [5.74, 6) is 0. The fourth-order valence-electron chi connectivity index (χ4n) is 3.43. The lowest BCUT2D eigenvalue weighted by Gasteiger charge is -2.37. The molecule has 0 unspecified atom stereocenters. The molecule has 1 amide bonds. The standard InChI is InChI=1S/C18H22F6N2O3.C7H8S/c1-15(2,3)29-14(27)26-10-8-25(9-11-26)13-6-4-12(5-7-13)16(28,17(19,20)21)18(22,23)24;1-8-7-5-3-2-4-6-7/h4-7,28H,8-11H2,1-3H3;2-6H,1H3. The van der Waals surface area contributed by atoms with Crippen LogP contribution in [0.1, 0.15) is 26.3 Å². The Morgan fingerprint density at radius 2 is 1.32 bits per heavy atom. The van der Waals surface area contributed by atoms with E-state index in [1.165, 1.54) is 9.80 Å². The van der Waals surface area contributed by atoms with Gasteiger partial charge in [-0.3, -0.25) is 0 Å². The van der Waals surface area contributed by atoms with Crippen molar-refractivity contribution in [1.82, 2.24) is 4.90 Å². The molecule has 1 fully saturated rings. The maximum Gasteiger partial charge on any atom is 0.430 e. The zero-order valence-electron chi connectivity index (χ0n) is 20.9. The summed E-state index contributed by atoms with van der Waals surface area (Å²) >= 11 is 1.77. The first kappa shape index (κ1) is 30.6. The first-order valence-electron chi connectivity index (χ1n) is 11.3. The van der Waals surface area contributed by atoms with Crippen molar-refractivity contribution in [1.29, 1.82) is 0 Å². The number of benzene rings is 2. The third kappa shape index (κ3) is 7.94. The Balaban J connectivity index is 0.000000510. The number of carbonyl (C=O) groups is 1. The van der Waals surface area contributed by atoms with Gasteiger partial charge in [-0.05, 0) is 51.3 Å². The fourth-order valence-corrected chi connectivity index (χ4v) is 3.86. The van der Waals surface area contributed by atoms with Crippen molar-refractivity contribution in [2.45, 2.75) is 49.2 Å². The second-order valence-electron chi connectivity index (χ2n) is 9.22. The Kier molecular flexibility index (Phi) is 9.81. The van der Waals surface area contributed by atoms with Crippen LogP contribution < -0.4 is 4.90 Å². The van der Waals surface area contributed by atoms with Crippen LogP contribution in [0.3, 0.4) is 0 Å². The quantitative estimate of drug-likeness (QED) is 0.350. The smallest absolute Gasteiger partial charge is 0.430 e. The lowest BCUT2D eigenvalue weighted by atomic mass is 9.92. The van der Waals surface area contributed by atoms with Gasteiger partial charge in [-0.15, -0.1) is 11.8 Å². The van der Waals surface area contributed by atoms with Gasteiger partial charge in [0.25, 0.3) is 5.60 Å². The van der Waals surface area contributed by atoms with Crippen LogP contribution in [0.2, 0.25) is 0 Å². The second kappa shape index (κ2) is 11.8. The minimum absolute atomic E-state index is 0.283. The number of hydrogen-bond donors (Lipinski definition) is 1. The van der Waals surface area contributed by atoms with Gasteiger partial charge >= 0.3 is 18.4 Å². The molecule has 206 valence electrons. The van der Waals surface area contributed by atoms with E-state index in [-0.39, 0.29) is 13.1 Å². The van der Waals surface area contributed by atoms with Gasteiger partial charge in [-0.2, -0.15) is 26.3 Å². The van der Waals surface area contributed by atoms with Crippen molar-refractivity contribution in [3.63, 3.8) is 0 Å². The molecule has 37 heavy (non-hydrogen) atoms. The summed E-state index contributed by atoms with van der Waals surface area (Å²) in [7, 11) is 0. The number of ether oxygens (including phenoxy) is 1. The molecule has 0 aliphatic carbocycles. The molecule has 1 aliphatic rings. The Labute approximate surface area is 216 Å². The fraction of sp³-hybridized carbons (Fsp3) is 0.480. The summed E-state index contributed by atoms with van der Waals surface area (Å²) in [6.07, 6.45) is -10.3. The molecule has 0 bridgehead atoms. The Hall–Kier alpha value is -2.60. The van der Waals surface area contributed by atoms with E-state index in [2.05, 4.69) is 18.4 Å². The molecule has 0 aromatic heterocycles. The van der Waals surface area contributed by atoms with Crippen molar-refractivity contribution in [2.75, 3.05) is 37.3 Å². The number of rotatable bonds is 3. The Morgan fingerprint density at radius 1 is 0.838 bits per heavy atom. The molecular formula is C25H30F6N2O3S. The van der Waals surface area contributed by atoms with Gasteiger partial charge in [0.05, 0.1) is 0 Å². The highest BCUT2D eigenvalue weighted by atomic mass is 32.2. The zero-order chi connectivity index (χ0) is 28.1. The monoisotopic (exact) mass is 552 g/mol. The van der Waals surface area contributed by atoms with Crippen LogP contribution in [0.25, 0.3) is 0 Å². The number of nitrogens with zero attached hydrogens (tertiary/aromatic N) is 2. The summed E-state index contributed by atoms with van der Waals surface area (Å²) < 4.78 is 82.9. The van der Waals surface area contributed by atoms with Gasteiger partial charge in [-0.25, -0.2) is 4.79 Å². The summed E-state index contributed by atoms with van der Waals surface area (Å²) in [5.41, 5.74) is -6.54. The topological polar surface area (TPSA) is 53.0 Å². The van der Waals surface area contributed by atoms with E-state index < -0.39 is 35.2 Å². The average Bonchev–Trinajstić information content (AvgIpc) is 2.82. The number of amides is 1. The third-order valence-corrected chi connectivity index (χ3v) is 6.12. The van der Waals surface area contributed by atoms with Crippen molar-refractivity contribution < 1.29 is 41.0 Å². The number of alkyl halides is 6. The van der Waals surface area contributed by atoms with E-state index in [1.54, 1.807) is 37.4 Å². The number of thioether (sulfide) groups is 1. The van der Waals surface area contributed by atoms with E-state index >= 15 is 0 Å². The van der Waals surface area contributed by atoms with Crippen LogP contribution in [-0.2, 0) is 10.3 Å². The van der Waals surface area contributed by atoms with E-state index in [9.17, 15) is 36.2 Å². The number of anilines is 1. The van der Waals surface area contributed by atoms with E-state index in [0.29, 0.717) is 30.9 Å². The van der Waals surface area contributed by atoms with Crippen LogP contribution in [0, 0.1) is 0 Å². The average molecular weight is 553 g/mol. The highest BCUT2D eigenvalue weighted by molar-refractivity contribution is 7.98. The van der Waals surface area contributed by atoms with Crippen molar-refractivity contribution in [3.05, 3.63) is 60.2 Å². The van der Waals surface area contributed by atoms with E-state index in [1.807, 2.05) is 18.2 Å². The normalized spacial score (nSPS) is 15.1.